The van der Waals surface area contributed by atoms with Crippen molar-refractivity contribution in [2.24, 2.45) is 0 Å². The lowest BCUT2D eigenvalue weighted by atomic mass is 10.1. The van der Waals surface area contributed by atoms with E-state index in [1.54, 1.807) is 12.1 Å². The summed E-state index contributed by atoms with van der Waals surface area (Å²) in [6.45, 7) is 3.57. The third-order valence-corrected chi connectivity index (χ3v) is 5.38. The molecule has 0 spiro atoms. The fourth-order valence-corrected chi connectivity index (χ4v) is 3.64. The zero-order valence-electron chi connectivity index (χ0n) is 15.7. The molecule has 0 saturated heterocycles. The van der Waals surface area contributed by atoms with Gasteiger partial charge in [0, 0.05) is 26.1 Å². The Labute approximate surface area is 159 Å². The molecule has 27 heavy (non-hydrogen) atoms. The molecule has 8 heteroatoms. The van der Waals surface area contributed by atoms with Crippen molar-refractivity contribution in [2.75, 3.05) is 20.1 Å². The Hall–Kier alpha value is -2.45. The summed E-state index contributed by atoms with van der Waals surface area (Å²) in [5.41, 5.74) is 0. The van der Waals surface area contributed by atoms with Crippen molar-refractivity contribution in [2.45, 2.75) is 31.2 Å². The molecule has 0 saturated carbocycles. The molecule has 2 amide bonds. The number of amides is 2. The number of nitrogens with one attached hydrogen (secondary N) is 2. The average molecular weight is 391 g/mol. The van der Waals surface area contributed by atoms with Gasteiger partial charge in [-0.2, -0.15) is 0 Å². The highest BCUT2D eigenvalue weighted by Gasteiger charge is 2.17. The maximum absolute atomic E-state index is 12.4. The molecule has 0 fully saturated rings. The zero-order valence-corrected chi connectivity index (χ0v) is 16.5. The number of fused-ring (bicyclic) bond motifs is 1. The molecular formula is C19H25N3O4S. The first-order chi connectivity index (χ1) is 12.7. The van der Waals surface area contributed by atoms with Crippen molar-refractivity contribution in [3.8, 4) is 0 Å². The summed E-state index contributed by atoms with van der Waals surface area (Å²) in [5, 5.41) is 4.48. The number of nitrogens with zero attached hydrogens (tertiary/aromatic N) is 1. The molecule has 146 valence electrons. The summed E-state index contributed by atoms with van der Waals surface area (Å²) in [6.07, 6.45) is -0.0295. The lowest BCUT2D eigenvalue weighted by Gasteiger charge is -2.18. The van der Waals surface area contributed by atoms with Gasteiger partial charge >= 0.3 is 0 Å². The van der Waals surface area contributed by atoms with Gasteiger partial charge in [-0.3, -0.25) is 9.59 Å². The number of benzene rings is 2. The highest BCUT2D eigenvalue weighted by molar-refractivity contribution is 7.89. The minimum atomic E-state index is -3.71. The Bertz CT molecular complexity index is 925. The van der Waals surface area contributed by atoms with E-state index in [1.165, 1.54) is 18.0 Å². The summed E-state index contributed by atoms with van der Waals surface area (Å²) in [5.74, 6) is -0.562. The van der Waals surface area contributed by atoms with Crippen molar-refractivity contribution in [1.29, 1.82) is 0 Å². The molecule has 0 aromatic heterocycles. The summed E-state index contributed by atoms with van der Waals surface area (Å²) in [7, 11) is -2.20. The Balaban J connectivity index is 1.90. The number of likely N-dealkylation sites (N-methyl/N-ethyl adjacent to an activating group) is 1. The molecule has 0 aliphatic rings. The predicted molar refractivity (Wildman–Crippen MR) is 105 cm³/mol. The average Bonchev–Trinajstić information content (AvgIpc) is 2.60. The topological polar surface area (TPSA) is 95.6 Å². The highest BCUT2D eigenvalue weighted by atomic mass is 32.2. The van der Waals surface area contributed by atoms with Crippen molar-refractivity contribution in [3.05, 3.63) is 42.5 Å². The fourth-order valence-electron chi connectivity index (χ4n) is 2.57. The van der Waals surface area contributed by atoms with Gasteiger partial charge in [-0.15, -0.1) is 0 Å². The maximum Gasteiger partial charge on any atom is 0.240 e. The van der Waals surface area contributed by atoms with Gasteiger partial charge in [0.25, 0.3) is 0 Å². The molecule has 2 aromatic rings. The third kappa shape index (κ3) is 6.04. The van der Waals surface area contributed by atoms with Gasteiger partial charge < -0.3 is 10.2 Å². The third-order valence-electron chi connectivity index (χ3n) is 3.92. The van der Waals surface area contributed by atoms with Crippen LogP contribution in [0.5, 0.6) is 0 Å². The fraction of sp³-hybridized carbons (Fsp3) is 0.368. The Morgan fingerprint density at radius 3 is 2.41 bits per heavy atom. The van der Waals surface area contributed by atoms with Crippen molar-refractivity contribution >= 4 is 32.6 Å². The van der Waals surface area contributed by atoms with E-state index in [0.29, 0.717) is 0 Å². The van der Waals surface area contributed by atoms with E-state index < -0.39 is 10.0 Å². The molecule has 0 unspecified atom stereocenters. The minimum absolute atomic E-state index is 0.00485. The summed E-state index contributed by atoms with van der Waals surface area (Å²) in [6, 6.07) is 12.4. The van der Waals surface area contributed by atoms with E-state index in [4.69, 9.17) is 0 Å². The second-order valence-corrected chi connectivity index (χ2v) is 8.40. The van der Waals surface area contributed by atoms with Gasteiger partial charge in [0.2, 0.25) is 21.8 Å². The van der Waals surface area contributed by atoms with Crippen molar-refractivity contribution in [3.63, 3.8) is 0 Å². The number of carbonyl (C=O) groups excluding carboxylic acids is 2. The number of hydrogen-bond donors (Lipinski definition) is 2. The highest BCUT2D eigenvalue weighted by Crippen LogP contribution is 2.18. The zero-order chi connectivity index (χ0) is 20.0. The Morgan fingerprint density at radius 2 is 1.74 bits per heavy atom. The summed E-state index contributed by atoms with van der Waals surface area (Å²) in [4.78, 5) is 25.2. The number of sulfonamides is 1. The molecule has 0 aliphatic heterocycles. The Morgan fingerprint density at radius 1 is 1.07 bits per heavy atom. The largest absolute Gasteiger partial charge is 0.352 e. The molecular weight excluding hydrogens is 366 g/mol. The smallest absolute Gasteiger partial charge is 0.240 e. The molecule has 2 N–H and O–H groups in total. The quantitative estimate of drug-likeness (QED) is 0.713. The molecule has 0 heterocycles. The second-order valence-electron chi connectivity index (χ2n) is 6.63. The molecule has 0 atom stereocenters. The van der Waals surface area contributed by atoms with Gasteiger partial charge in [0.1, 0.15) is 0 Å². The van der Waals surface area contributed by atoms with Crippen LogP contribution in [0.25, 0.3) is 10.8 Å². The van der Waals surface area contributed by atoms with Crippen LogP contribution in [-0.4, -0.2) is 51.3 Å². The summed E-state index contributed by atoms with van der Waals surface area (Å²) < 4.78 is 27.3. The number of hydrogen-bond acceptors (Lipinski definition) is 4. The predicted octanol–water partition coefficient (Wildman–Crippen LogP) is 1.49. The van der Waals surface area contributed by atoms with Crippen molar-refractivity contribution in [1.82, 2.24) is 14.9 Å². The van der Waals surface area contributed by atoms with Crippen LogP contribution in [0.2, 0.25) is 0 Å². The minimum Gasteiger partial charge on any atom is -0.352 e. The van der Waals surface area contributed by atoms with E-state index >= 15 is 0 Å². The van der Waals surface area contributed by atoms with Crippen LogP contribution in [-0.2, 0) is 19.6 Å². The van der Waals surface area contributed by atoms with Gasteiger partial charge in [-0.05, 0) is 36.8 Å². The molecule has 0 bridgehead atoms. The first-order valence-electron chi connectivity index (χ1n) is 8.71. The standard InChI is InChI=1S/C19H25N3O4S/c1-14(2)21-18(23)13-22(3)19(24)10-11-20-27(25,26)17-9-8-15-6-4-5-7-16(15)12-17/h4-9,12,14,20H,10-11,13H2,1-3H3,(H,21,23). The lowest BCUT2D eigenvalue weighted by molar-refractivity contribution is -0.134. The van der Waals surface area contributed by atoms with E-state index in [-0.39, 0.29) is 42.3 Å². The van der Waals surface area contributed by atoms with Crippen LogP contribution in [0.4, 0.5) is 0 Å². The number of rotatable bonds is 8. The second kappa shape index (κ2) is 8.96. The Kier molecular flexibility index (Phi) is 6.92. The van der Waals surface area contributed by atoms with Gasteiger partial charge in [-0.25, -0.2) is 13.1 Å². The van der Waals surface area contributed by atoms with Crippen LogP contribution >= 0.6 is 0 Å². The first-order valence-corrected chi connectivity index (χ1v) is 10.2. The monoisotopic (exact) mass is 391 g/mol. The van der Waals surface area contributed by atoms with Gasteiger partial charge in [0.15, 0.2) is 0 Å². The molecule has 0 radical (unpaired) electrons. The van der Waals surface area contributed by atoms with Gasteiger partial charge in [0.05, 0.1) is 11.4 Å². The molecule has 2 aromatic carbocycles. The normalized spacial score (nSPS) is 11.6. The van der Waals surface area contributed by atoms with Crippen LogP contribution < -0.4 is 10.0 Å². The van der Waals surface area contributed by atoms with Crippen molar-refractivity contribution < 1.29 is 18.0 Å². The summed E-state index contributed by atoms with van der Waals surface area (Å²) >= 11 is 0. The first kappa shape index (κ1) is 20.9. The SMILES string of the molecule is CC(C)NC(=O)CN(C)C(=O)CCNS(=O)(=O)c1ccc2ccccc2c1. The van der Waals surface area contributed by atoms with E-state index in [1.807, 2.05) is 38.1 Å². The van der Waals surface area contributed by atoms with Crippen LogP contribution in [0.3, 0.4) is 0 Å². The molecule has 0 aliphatic carbocycles. The molecule has 2 rings (SSSR count). The maximum atomic E-state index is 12.4. The lowest BCUT2D eigenvalue weighted by Crippen LogP contribution is -2.41. The van der Waals surface area contributed by atoms with Crippen LogP contribution in [0.15, 0.2) is 47.4 Å². The van der Waals surface area contributed by atoms with Crippen LogP contribution in [0.1, 0.15) is 20.3 Å². The van der Waals surface area contributed by atoms with Crippen LogP contribution in [0, 0.1) is 0 Å². The van der Waals surface area contributed by atoms with E-state index in [0.717, 1.165) is 10.8 Å². The van der Waals surface area contributed by atoms with E-state index in [9.17, 15) is 18.0 Å². The van der Waals surface area contributed by atoms with Gasteiger partial charge in [-0.1, -0.05) is 30.3 Å². The molecule has 7 nitrogen and oxygen atoms in total. The number of carbonyl (C=O) groups is 2. The van der Waals surface area contributed by atoms with E-state index in [2.05, 4.69) is 10.0 Å².